The highest BCUT2D eigenvalue weighted by Gasteiger charge is 2.09. The zero-order chi connectivity index (χ0) is 28.0. The molecule has 4 nitrogen and oxygen atoms in total. The van der Waals surface area contributed by atoms with E-state index in [2.05, 4.69) is 13.8 Å². The molecule has 0 unspecified atom stereocenters. The van der Waals surface area contributed by atoms with E-state index in [1.165, 1.54) is 89.9 Å². The molecule has 0 bridgehead atoms. The quantitative estimate of drug-likeness (QED) is 0.125. The Balaban J connectivity index is 1.69. The lowest BCUT2D eigenvalue weighted by Crippen LogP contribution is -1.98. The number of unbranched alkanes of at least 4 members (excludes halogenated alkanes) is 16. The van der Waals surface area contributed by atoms with Crippen molar-refractivity contribution < 1.29 is 19.7 Å². The molecule has 2 N–H and O–H groups in total. The van der Waals surface area contributed by atoms with Gasteiger partial charge < -0.3 is 19.7 Å². The maximum Gasteiger partial charge on any atom is 0.162 e. The van der Waals surface area contributed by atoms with Gasteiger partial charge in [0.25, 0.3) is 0 Å². The van der Waals surface area contributed by atoms with Crippen molar-refractivity contribution in [2.24, 2.45) is 0 Å². The average molecular weight is 559 g/mol. The third-order valence-corrected chi connectivity index (χ3v) is 8.09. The van der Waals surface area contributed by atoms with Gasteiger partial charge in [0.15, 0.2) is 23.0 Å². The number of hydrogen-bond donors (Lipinski definition) is 2. The Morgan fingerprint density at radius 2 is 0.821 bits per heavy atom. The summed E-state index contributed by atoms with van der Waals surface area (Å²) in [5.74, 6) is 1.40. The lowest BCUT2D eigenvalue weighted by Gasteiger charge is -2.12. The monoisotopic (exact) mass is 558 g/mol. The van der Waals surface area contributed by atoms with E-state index >= 15 is 0 Å². The van der Waals surface area contributed by atoms with Gasteiger partial charge in [0, 0.05) is 9.79 Å². The van der Waals surface area contributed by atoms with Crippen LogP contribution < -0.4 is 9.47 Å². The number of rotatable bonds is 24. The highest BCUT2D eigenvalue weighted by molar-refractivity contribution is 7.99. The molecule has 0 spiro atoms. The maximum atomic E-state index is 10.3. The summed E-state index contributed by atoms with van der Waals surface area (Å²) in [6.45, 7) is 5.75. The molecule has 39 heavy (non-hydrogen) atoms. The second-order valence-electron chi connectivity index (χ2n) is 10.7. The van der Waals surface area contributed by atoms with Gasteiger partial charge in [-0.05, 0) is 49.2 Å². The molecular weight excluding hydrogens is 504 g/mol. The molecule has 2 aromatic rings. The van der Waals surface area contributed by atoms with E-state index in [0.717, 1.165) is 35.5 Å². The Morgan fingerprint density at radius 1 is 0.487 bits per heavy atom. The molecule has 0 saturated carbocycles. The summed E-state index contributed by atoms with van der Waals surface area (Å²) >= 11 is 1.57. The molecule has 0 atom stereocenters. The fraction of sp³-hybridized carbons (Fsp3) is 0.647. The highest BCUT2D eigenvalue weighted by atomic mass is 32.2. The molecule has 0 aliphatic rings. The third-order valence-electron chi connectivity index (χ3n) is 7.11. The van der Waals surface area contributed by atoms with Gasteiger partial charge in [0.2, 0.25) is 0 Å². The van der Waals surface area contributed by atoms with Crippen LogP contribution in [0.4, 0.5) is 0 Å². The van der Waals surface area contributed by atoms with Crippen LogP contribution in [0.1, 0.15) is 129 Å². The first-order valence-electron chi connectivity index (χ1n) is 15.7. The van der Waals surface area contributed by atoms with Gasteiger partial charge in [-0.3, -0.25) is 0 Å². The van der Waals surface area contributed by atoms with E-state index in [-0.39, 0.29) is 11.5 Å². The third kappa shape index (κ3) is 15.4. The molecule has 220 valence electrons. The molecule has 5 heteroatoms. The van der Waals surface area contributed by atoms with Crippen LogP contribution in [0.3, 0.4) is 0 Å². The van der Waals surface area contributed by atoms with Crippen molar-refractivity contribution in [3.05, 3.63) is 36.4 Å². The van der Waals surface area contributed by atoms with Gasteiger partial charge in [-0.25, -0.2) is 0 Å². The van der Waals surface area contributed by atoms with E-state index < -0.39 is 0 Å². The van der Waals surface area contributed by atoms with Crippen LogP contribution in [0.2, 0.25) is 0 Å². The summed E-state index contributed by atoms with van der Waals surface area (Å²) in [4.78, 5) is 1.95. The Morgan fingerprint density at radius 3 is 1.18 bits per heavy atom. The standard InChI is InChI=1S/C34H54O4S/c1-3-5-7-9-11-13-15-17-19-25-37-33-27-29(21-23-31(33)35)39-30-22-24-32(36)34(28-30)38-26-20-18-16-14-12-10-8-6-4-2/h21-24,27-28,35-36H,3-20,25-26H2,1-2H3. The minimum absolute atomic E-state index is 0.172. The number of phenols is 2. The average Bonchev–Trinajstić information content (AvgIpc) is 2.94. The highest BCUT2D eigenvalue weighted by Crippen LogP contribution is 2.38. The lowest BCUT2D eigenvalue weighted by molar-refractivity contribution is 0.288. The predicted molar refractivity (Wildman–Crippen MR) is 166 cm³/mol. The van der Waals surface area contributed by atoms with Gasteiger partial charge in [-0.2, -0.15) is 0 Å². The number of benzene rings is 2. The molecule has 2 rings (SSSR count). The lowest BCUT2D eigenvalue weighted by atomic mass is 10.1. The Kier molecular flexibility index (Phi) is 18.5. The first-order chi connectivity index (χ1) is 19.1. The molecular formula is C34H54O4S. The molecule has 0 aromatic heterocycles. The largest absolute Gasteiger partial charge is 0.504 e. The van der Waals surface area contributed by atoms with Crippen LogP contribution in [0.15, 0.2) is 46.2 Å². The normalized spacial score (nSPS) is 11.1. The number of ether oxygens (including phenoxy) is 2. The topological polar surface area (TPSA) is 58.9 Å². The van der Waals surface area contributed by atoms with Crippen molar-refractivity contribution in [3.8, 4) is 23.0 Å². The molecule has 0 aliphatic heterocycles. The fourth-order valence-corrected chi connectivity index (χ4v) is 5.55. The second-order valence-corrected chi connectivity index (χ2v) is 11.9. The SMILES string of the molecule is CCCCCCCCCCCOc1cc(Sc2ccc(O)c(OCCCCCCCCCCC)c2)ccc1O. The Labute approximate surface area is 242 Å². The van der Waals surface area contributed by atoms with Gasteiger partial charge >= 0.3 is 0 Å². The second kappa shape index (κ2) is 21.8. The molecule has 0 aliphatic carbocycles. The van der Waals surface area contributed by atoms with Gasteiger partial charge in [0.05, 0.1) is 13.2 Å². The summed E-state index contributed by atoms with van der Waals surface area (Å²) in [7, 11) is 0. The van der Waals surface area contributed by atoms with Crippen molar-refractivity contribution in [2.45, 2.75) is 139 Å². The van der Waals surface area contributed by atoms with Crippen LogP contribution in [-0.4, -0.2) is 23.4 Å². The smallest absolute Gasteiger partial charge is 0.162 e. The number of hydrogen-bond acceptors (Lipinski definition) is 5. The summed E-state index contributed by atoms with van der Waals surface area (Å²) in [5, 5.41) is 20.5. The summed E-state index contributed by atoms with van der Waals surface area (Å²) in [6, 6.07) is 10.9. The van der Waals surface area contributed by atoms with Crippen LogP contribution in [0.5, 0.6) is 23.0 Å². The molecule has 0 amide bonds. The fourth-order valence-electron chi connectivity index (χ4n) is 4.67. The zero-order valence-corrected chi connectivity index (χ0v) is 25.5. The number of phenolic OH excluding ortho intramolecular Hbond substituents is 2. The Bertz CT molecular complexity index is 814. The first-order valence-corrected chi connectivity index (χ1v) is 16.5. The van der Waals surface area contributed by atoms with Crippen molar-refractivity contribution in [1.82, 2.24) is 0 Å². The van der Waals surface area contributed by atoms with Crippen LogP contribution in [0, 0.1) is 0 Å². The number of aromatic hydroxyl groups is 2. The van der Waals surface area contributed by atoms with E-state index in [4.69, 9.17) is 9.47 Å². The molecule has 0 fully saturated rings. The van der Waals surface area contributed by atoms with E-state index in [0.29, 0.717) is 24.7 Å². The van der Waals surface area contributed by atoms with Crippen LogP contribution >= 0.6 is 11.8 Å². The van der Waals surface area contributed by atoms with E-state index in [1.54, 1.807) is 23.9 Å². The maximum absolute atomic E-state index is 10.3. The van der Waals surface area contributed by atoms with Gasteiger partial charge in [0.1, 0.15) is 0 Å². The summed E-state index contributed by atoms with van der Waals surface area (Å²) in [5.41, 5.74) is 0. The van der Waals surface area contributed by atoms with Gasteiger partial charge in [-0.1, -0.05) is 128 Å². The van der Waals surface area contributed by atoms with Crippen molar-refractivity contribution in [1.29, 1.82) is 0 Å². The minimum Gasteiger partial charge on any atom is -0.504 e. The van der Waals surface area contributed by atoms with Crippen molar-refractivity contribution >= 4 is 11.8 Å². The van der Waals surface area contributed by atoms with Crippen molar-refractivity contribution in [2.75, 3.05) is 13.2 Å². The molecule has 2 aromatic carbocycles. The summed E-state index contributed by atoms with van der Waals surface area (Å²) in [6.07, 6.45) is 22.9. The van der Waals surface area contributed by atoms with Gasteiger partial charge in [-0.15, -0.1) is 0 Å². The van der Waals surface area contributed by atoms with Crippen LogP contribution in [-0.2, 0) is 0 Å². The molecule has 0 saturated heterocycles. The van der Waals surface area contributed by atoms with E-state index in [9.17, 15) is 10.2 Å². The zero-order valence-electron chi connectivity index (χ0n) is 24.7. The summed E-state index contributed by atoms with van der Waals surface area (Å²) < 4.78 is 11.8. The first kappa shape index (κ1) is 33.2. The van der Waals surface area contributed by atoms with Crippen molar-refractivity contribution in [3.63, 3.8) is 0 Å². The molecule has 0 heterocycles. The predicted octanol–water partition coefficient (Wildman–Crippen LogP) is 11.1. The van der Waals surface area contributed by atoms with E-state index in [1.807, 2.05) is 24.3 Å². The van der Waals surface area contributed by atoms with Crippen LogP contribution in [0.25, 0.3) is 0 Å². The minimum atomic E-state index is 0.172. The molecule has 0 radical (unpaired) electrons. The Hall–Kier alpha value is -2.01.